The van der Waals surface area contributed by atoms with Crippen LogP contribution >= 0.6 is 0 Å². The SMILES string of the molecule is CC[C@@H](Nc1c(Nc2cccc(S(=O)(=O)N(CC)OC)c2O)c(=O)c1=O)c1ccc(C)o1. The molecule has 0 saturated heterocycles. The molecule has 3 N–H and O–H groups in total. The number of hydrogen-bond acceptors (Lipinski definition) is 9. The highest BCUT2D eigenvalue weighted by atomic mass is 32.2. The van der Waals surface area contributed by atoms with E-state index < -0.39 is 31.5 Å². The molecule has 3 rings (SSSR count). The van der Waals surface area contributed by atoms with Crippen LogP contribution in [0.1, 0.15) is 37.8 Å². The predicted molar refractivity (Wildman–Crippen MR) is 119 cm³/mol. The van der Waals surface area contributed by atoms with Crippen molar-refractivity contribution in [2.24, 2.45) is 0 Å². The summed E-state index contributed by atoms with van der Waals surface area (Å²) in [6, 6.07) is 7.23. The second-order valence-corrected chi connectivity index (χ2v) is 8.84. The van der Waals surface area contributed by atoms with Crippen molar-refractivity contribution in [2.75, 3.05) is 24.3 Å². The highest BCUT2D eigenvalue weighted by molar-refractivity contribution is 7.89. The van der Waals surface area contributed by atoms with Gasteiger partial charge in [0.1, 0.15) is 27.8 Å². The van der Waals surface area contributed by atoms with E-state index in [9.17, 15) is 23.1 Å². The fourth-order valence-corrected chi connectivity index (χ4v) is 4.67. The molecule has 1 atom stereocenters. The van der Waals surface area contributed by atoms with E-state index in [4.69, 9.17) is 9.25 Å². The number of anilines is 3. The molecule has 0 spiro atoms. The minimum atomic E-state index is -4.15. The molecule has 32 heavy (non-hydrogen) atoms. The summed E-state index contributed by atoms with van der Waals surface area (Å²) in [5.41, 5.74) is -1.57. The molecule has 0 amide bonds. The first-order chi connectivity index (χ1) is 15.1. The van der Waals surface area contributed by atoms with Gasteiger partial charge in [-0.25, -0.2) is 8.42 Å². The Balaban J connectivity index is 1.94. The van der Waals surface area contributed by atoms with E-state index >= 15 is 0 Å². The van der Waals surface area contributed by atoms with Crippen LogP contribution in [0, 0.1) is 6.92 Å². The van der Waals surface area contributed by atoms with Gasteiger partial charge in [0, 0.05) is 6.54 Å². The van der Waals surface area contributed by atoms with Gasteiger partial charge in [-0.1, -0.05) is 17.5 Å². The minimum Gasteiger partial charge on any atom is -0.504 e. The number of hydroxylamine groups is 1. The zero-order valence-corrected chi connectivity index (χ0v) is 18.9. The summed E-state index contributed by atoms with van der Waals surface area (Å²) in [6.07, 6.45) is 0.577. The van der Waals surface area contributed by atoms with E-state index in [2.05, 4.69) is 10.6 Å². The first-order valence-corrected chi connectivity index (χ1v) is 11.4. The number of aryl methyl sites for hydroxylation is 1. The highest BCUT2D eigenvalue weighted by Crippen LogP contribution is 2.36. The van der Waals surface area contributed by atoms with Gasteiger partial charge in [0.05, 0.1) is 18.8 Å². The molecular formula is C21H25N3O7S. The number of hydrogen-bond donors (Lipinski definition) is 3. The number of nitrogens with one attached hydrogen (secondary N) is 2. The molecule has 0 radical (unpaired) electrons. The second-order valence-electron chi connectivity index (χ2n) is 7.05. The van der Waals surface area contributed by atoms with Gasteiger partial charge in [-0.3, -0.25) is 14.4 Å². The van der Waals surface area contributed by atoms with Crippen molar-refractivity contribution in [1.29, 1.82) is 0 Å². The monoisotopic (exact) mass is 463 g/mol. The minimum absolute atomic E-state index is 0.0206. The first kappa shape index (κ1) is 23.5. The molecule has 2 aromatic carbocycles. The van der Waals surface area contributed by atoms with Gasteiger partial charge in [-0.15, -0.1) is 0 Å². The number of para-hydroxylation sites is 1. The number of phenols is 1. The van der Waals surface area contributed by atoms with Gasteiger partial charge in [0.2, 0.25) is 0 Å². The zero-order valence-electron chi connectivity index (χ0n) is 18.1. The summed E-state index contributed by atoms with van der Waals surface area (Å²) in [5, 5.41) is 16.3. The summed E-state index contributed by atoms with van der Waals surface area (Å²) in [5.74, 6) is 0.721. The summed E-state index contributed by atoms with van der Waals surface area (Å²) in [6.45, 7) is 5.29. The van der Waals surface area contributed by atoms with Crippen LogP contribution in [0.15, 0.2) is 49.2 Å². The molecule has 10 nitrogen and oxygen atoms in total. The van der Waals surface area contributed by atoms with Crippen molar-refractivity contribution in [3.05, 3.63) is 62.3 Å². The molecule has 0 aliphatic carbocycles. The Bertz CT molecular complexity index is 1290. The topological polar surface area (TPSA) is 138 Å². The van der Waals surface area contributed by atoms with Crippen LogP contribution in [0.25, 0.3) is 0 Å². The molecule has 1 heterocycles. The maximum atomic E-state index is 12.7. The van der Waals surface area contributed by atoms with E-state index in [1.165, 1.54) is 25.3 Å². The highest BCUT2D eigenvalue weighted by Gasteiger charge is 2.29. The molecule has 172 valence electrons. The number of rotatable bonds is 10. The van der Waals surface area contributed by atoms with Crippen LogP contribution in [0.3, 0.4) is 0 Å². The van der Waals surface area contributed by atoms with Crippen molar-refractivity contribution < 1.29 is 22.8 Å². The predicted octanol–water partition coefficient (Wildman–Crippen LogP) is 2.77. The van der Waals surface area contributed by atoms with E-state index in [-0.39, 0.29) is 29.6 Å². The summed E-state index contributed by atoms with van der Waals surface area (Å²) < 4.78 is 31.8. The van der Waals surface area contributed by atoms with Gasteiger partial charge in [-0.05, 0) is 44.5 Å². The van der Waals surface area contributed by atoms with E-state index in [1.807, 2.05) is 6.92 Å². The van der Waals surface area contributed by atoms with Crippen LogP contribution in [0.4, 0.5) is 17.1 Å². The van der Waals surface area contributed by atoms with Gasteiger partial charge in [0.15, 0.2) is 5.75 Å². The number of phenolic OH excluding ortho intramolecular Hbond substituents is 1. The Hall–Kier alpha value is -3.15. The Kier molecular flexibility index (Phi) is 6.72. The number of sulfonamides is 1. The first-order valence-electron chi connectivity index (χ1n) is 9.97. The smallest absolute Gasteiger partial charge is 0.268 e. The second kappa shape index (κ2) is 9.15. The Morgan fingerprint density at radius 2 is 1.81 bits per heavy atom. The van der Waals surface area contributed by atoms with Gasteiger partial charge >= 0.3 is 0 Å². The third-order valence-electron chi connectivity index (χ3n) is 5.01. The van der Waals surface area contributed by atoms with Crippen molar-refractivity contribution >= 4 is 27.1 Å². The number of nitrogens with zero attached hydrogens (tertiary/aromatic N) is 1. The van der Waals surface area contributed by atoms with Crippen LogP contribution in [0.2, 0.25) is 0 Å². The van der Waals surface area contributed by atoms with Crippen LogP contribution in [-0.4, -0.2) is 31.6 Å². The maximum Gasteiger partial charge on any atom is 0.268 e. The lowest BCUT2D eigenvalue weighted by Gasteiger charge is -2.22. The molecular weight excluding hydrogens is 438 g/mol. The lowest BCUT2D eigenvalue weighted by molar-refractivity contribution is -0.0443. The van der Waals surface area contributed by atoms with Crippen LogP contribution in [0.5, 0.6) is 5.75 Å². The molecule has 0 unspecified atom stereocenters. The van der Waals surface area contributed by atoms with Crippen molar-refractivity contribution in [3.8, 4) is 5.75 Å². The molecule has 11 heteroatoms. The van der Waals surface area contributed by atoms with Gasteiger partial charge < -0.3 is 20.2 Å². The van der Waals surface area contributed by atoms with Crippen molar-refractivity contribution in [2.45, 2.75) is 38.1 Å². The van der Waals surface area contributed by atoms with Crippen molar-refractivity contribution in [3.63, 3.8) is 0 Å². The Morgan fingerprint density at radius 3 is 2.38 bits per heavy atom. The van der Waals surface area contributed by atoms with Gasteiger partial charge in [-0.2, -0.15) is 0 Å². The quantitative estimate of drug-likeness (QED) is 0.235. The number of aromatic hydroxyl groups is 1. The molecule has 0 aliphatic heterocycles. The summed E-state index contributed by atoms with van der Waals surface area (Å²) in [4.78, 5) is 28.9. The zero-order chi connectivity index (χ0) is 23.6. The molecule has 0 bridgehead atoms. The normalized spacial score (nSPS) is 12.9. The fourth-order valence-electron chi connectivity index (χ4n) is 3.31. The van der Waals surface area contributed by atoms with Crippen LogP contribution < -0.4 is 21.5 Å². The Labute approximate surface area is 185 Å². The standard InChI is InChI=1S/C21H25N3O7S/c1-5-13(15-11-10-12(3)31-15)22-17-18(21(27)20(17)26)23-14-8-7-9-16(19(14)25)32(28,29)24(6-2)30-4/h7-11,13,22-23,25H,5-6H2,1-4H3/t13-/m1/s1. The molecule has 1 aromatic heterocycles. The Morgan fingerprint density at radius 1 is 1.12 bits per heavy atom. The molecule has 0 saturated carbocycles. The summed E-state index contributed by atoms with van der Waals surface area (Å²) >= 11 is 0. The summed E-state index contributed by atoms with van der Waals surface area (Å²) in [7, 11) is -2.95. The van der Waals surface area contributed by atoms with Crippen LogP contribution in [-0.2, 0) is 14.9 Å². The van der Waals surface area contributed by atoms with E-state index in [0.717, 1.165) is 0 Å². The van der Waals surface area contributed by atoms with Gasteiger partial charge in [0.25, 0.3) is 20.9 Å². The van der Waals surface area contributed by atoms with E-state index in [0.29, 0.717) is 22.4 Å². The third kappa shape index (κ3) is 4.14. The van der Waals surface area contributed by atoms with Crippen molar-refractivity contribution in [1.82, 2.24) is 4.47 Å². The maximum absolute atomic E-state index is 12.7. The molecule has 0 fully saturated rings. The lowest BCUT2D eigenvalue weighted by Crippen LogP contribution is -2.37. The van der Waals surface area contributed by atoms with E-state index in [1.54, 1.807) is 26.0 Å². The average molecular weight is 464 g/mol. The third-order valence-corrected chi connectivity index (χ3v) is 6.84. The molecule has 0 aliphatic rings. The average Bonchev–Trinajstić information content (AvgIpc) is 3.20. The fraction of sp³-hybridized carbons (Fsp3) is 0.333. The number of furan rings is 1. The largest absolute Gasteiger partial charge is 0.504 e. The molecule has 3 aromatic rings. The lowest BCUT2D eigenvalue weighted by atomic mass is 10.1. The number of benzene rings is 1.